The van der Waals surface area contributed by atoms with Gasteiger partial charge in [-0.1, -0.05) is 29.8 Å². The van der Waals surface area contributed by atoms with E-state index in [0.717, 1.165) is 22.2 Å². The van der Waals surface area contributed by atoms with Crippen LogP contribution in [0.25, 0.3) is 16.6 Å². The first kappa shape index (κ1) is 18.3. The highest BCUT2D eigenvalue weighted by atomic mass is 35.5. The van der Waals surface area contributed by atoms with Crippen LogP contribution in [0.2, 0.25) is 5.15 Å². The van der Waals surface area contributed by atoms with Gasteiger partial charge in [-0.05, 0) is 49.2 Å². The van der Waals surface area contributed by atoms with Crippen molar-refractivity contribution >= 4 is 28.4 Å². The number of carbonyl (C=O) groups excluding carboxylic acids is 1. The summed E-state index contributed by atoms with van der Waals surface area (Å²) in [5.41, 5.74) is 3.48. The van der Waals surface area contributed by atoms with E-state index in [4.69, 9.17) is 11.6 Å². The second kappa shape index (κ2) is 7.48. The van der Waals surface area contributed by atoms with Crippen LogP contribution in [0.1, 0.15) is 21.6 Å². The van der Waals surface area contributed by atoms with Crippen molar-refractivity contribution in [3.05, 3.63) is 82.5 Å². The maximum absolute atomic E-state index is 13.3. The number of nitrogens with zero attached hydrogens (tertiary/aromatic N) is 2. The fourth-order valence-corrected chi connectivity index (χ4v) is 3.62. The van der Waals surface area contributed by atoms with Crippen molar-refractivity contribution in [3.63, 3.8) is 0 Å². The number of amides is 1. The fourth-order valence-electron chi connectivity index (χ4n) is 3.26. The third-order valence-corrected chi connectivity index (χ3v) is 4.99. The first-order valence-corrected chi connectivity index (χ1v) is 9.26. The molecule has 1 amide bonds. The van der Waals surface area contributed by atoms with Gasteiger partial charge in [0.15, 0.2) is 0 Å². The molecule has 2 heterocycles. The lowest BCUT2D eigenvalue weighted by molar-refractivity contribution is 0.0953. The van der Waals surface area contributed by atoms with Gasteiger partial charge in [0.05, 0.1) is 16.9 Å². The molecule has 0 aliphatic heterocycles. The number of para-hydroxylation sites is 1. The summed E-state index contributed by atoms with van der Waals surface area (Å²) >= 11 is 6.43. The Bertz CT molecular complexity index is 1150. The molecule has 4 rings (SSSR count). The average Bonchev–Trinajstić information content (AvgIpc) is 3.22. The summed E-state index contributed by atoms with van der Waals surface area (Å²) in [4.78, 5) is 15.7. The molecule has 2 aromatic carbocycles. The van der Waals surface area contributed by atoms with Gasteiger partial charge in [-0.3, -0.25) is 4.79 Å². The first-order valence-electron chi connectivity index (χ1n) is 8.89. The number of benzene rings is 2. The van der Waals surface area contributed by atoms with Crippen LogP contribution >= 0.6 is 11.6 Å². The normalized spacial score (nSPS) is 11.1. The summed E-state index contributed by atoms with van der Waals surface area (Å²) in [6.07, 6.45) is 2.45. The van der Waals surface area contributed by atoms with Crippen LogP contribution in [0.4, 0.5) is 4.39 Å². The second-order valence-corrected chi connectivity index (χ2v) is 6.87. The number of aryl methyl sites for hydroxylation is 1. The molecule has 4 aromatic rings. The van der Waals surface area contributed by atoms with Crippen LogP contribution in [0, 0.1) is 12.7 Å². The van der Waals surface area contributed by atoms with E-state index in [0.29, 0.717) is 24.2 Å². The van der Waals surface area contributed by atoms with Crippen LogP contribution in [-0.4, -0.2) is 27.2 Å². The highest BCUT2D eigenvalue weighted by molar-refractivity contribution is 6.33. The minimum Gasteiger partial charge on any atom is -0.361 e. The molecule has 0 unspecified atom stereocenters. The predicted molar refractivity (Wildman–Crippen MR) is 108 cm³/mol. The lowest BCUT2D eigenvalue weighted by Gasteiger charge is -2.06. The number of aromatic amines is 1. The minimum absolute atomic E-state index is 0.268. The van der Waals surface area contributed by atoms with Crippen molar-refractivity contribution in [1.82, 2.24) is 20.1 Å². The highest BCUT2D eigenvalue weighted by Gasteiger charge is 2.20. The number of fused-ring (bicyclic) bond motifs is 1. The standard InChI is InChI=1S/C21H18ClFN4O/c1-13-19(20(22)27(26-13)16-5-3-2-4-6-16)21(28)24-10-9-14-12-25-18-11-15(23)7-8-17(14)18/h2-8,11-12,25H,9-10H2,1H3,(H,24,28). The van der Waals surface area contributed by atoms with E-state index in [-0.39, 0.29) is 16.9 Å². The zero-order valence-electron chi connectivity index (χ0n) is 15.2. The molecule has 0 fully saturated rings. The van der Waals surface area contributed by atoms with Gasteiger partial charge < -0.3 is 10.3 Å². The maximum Gasteiger partial charge on any atom is 0.256 e. The van der Waals surface area contributed by atoms with Gasteiger partial charge in [0.1, 0.15) is 11.0 Å². The fraction of sp³-hybridized carbons (Fsp3) is 0.143. The van der Waals surface area contributed by atoms with Gasteiger partial charge >= 0.3 is 0 Å². The summed E-state index contributed by atoms with van der Waals surface area (Å²) in [6.45, 7) is 2.18. The maximum atomic E-state index is 13.3. The quantitative estimate of drug-likeness (QED) is 0.524. The van der Waals surface area contributed by atoms with Crippen molar-refractivity contribution < 1.29 is 9.18 Å². The molecule has 7 heteroatoms. The Kier molecular flexibility index (Phi) is 4.88. The highest BCUT2D eigenvalue weighted by Crippen LogP contribution is 2.23. The Morgan fingerprint density at radius 1 is 1.25 bits per heavy atom. The number of aromatic nitrogens is 3. The third-order valence-electron chi connectivity index (χ3n) is 4.64. The molecule has 0 saturated carbocycles. The average molecular weight is 397 g/mol. The summed E-state index contributed by atoms with van der Waals surface area (Å²) in [7, 11) is 0. The predicted octanol–water partition coefficient (Wildman–Crippen LogP) is 4.43. The summed E-state index contributed by atoms with van der Waals surface area (Å²) < 4.78 is 14.8. The number of hydrogen-bond acceptors (Lipinski definition) is 2. The van der Waals surface area contributed by atoms with Gasteiger partial charge in [0, 0.05) is 23.6 Å². The topological polar surface area (TPSA) is 62.7 Å². The molecule has 2 aromatic heterocycles. The van der Waals surface area contributed by atoms with E-state index in [1.54, 1.807) is 17.7 Å². The molecule has 5 nitrogen and oxygen atoms in total. The molecule has 0 aliphatic rings. The van der Waals surface area contributed by atoms with Crippen LogP contribution in [0.5, 0.6) is 0 Å². The third kappa shape index (κ3) is 3.39. The van der Waals surface area contributed by atoms with Crippen LogP contribution < -0.4 is 5.32 Å². The summed E-state index contributed by atoms with van der Waals surface area (Å²) in [5, 5.41) is 8.51. The first-order chi connectivity index (χ1) is 13.5. The number of nitrogens with one attached hydrogen (secondary N) is 2. The molecule has 28 heavy (non-hydrogen) atoms. The van der Waals surface area contributed by atoms with E-state index < -0.39 is 0 Å². The number of hydrogen-bond donors (Lipinski definition) is 2. The molecule has 0 saturated heterocycles. The van der Waals surface area contributed by atoms with Crippen molar-refractivity contribution in [3.8, 4) is 5.69 Å². The van der Waals surface area contributed by atoms with Crippen molar-refractivity contribution in [2.45, 2.75) is 13.3 Å². The van der Waals surface area contributed by atoms with Crippen molar-refractivity contribution in [2.24, 2.45) is 0 Å². The zero-order chi connectivity index (χ0) is 19.7. The molecular formula is C21H18ClFN4O. The molecule has 0 atom stereocenters. The minimum atomic E-state index is -0.283. The molecule has 0 spiro atoms. The van der Waals surface area contributed by atoms with E-state index in [1.807, 2.05) is 36.5 Å². The lowest BCUT2D eigenvalue weighted by Crippen LogP contribution is -2.26. The largest absolute Gasteiger partial charge is 0.361 e. The van der Waals surface area contributed by atoms with E-state index >= 15 is 0 Å². The van der Waals surface area contributed by atoms with Crippen molar-refractivity contribution in [1.29, 1.82) is 0 Å². The number of carbonyl (C=O) groups is 1. The Hall–Kier alpha value is -3.12. The van der Waals surface area contributed by atoms with Crippen LogP contribution in [0.3, 0.4) is 0 Å². The smallest absolute Gasteiger partial charge is 0.256 e. The van der Waals surface area contributed by atoms with E-state index in [9.17, 15) is 9.18 Å². The summed E-state index contributed by atoms with van der Waals surface area (Å²) in [6, 6.07) is 14.0. The van der Waals surface area contributed by atoms with Gasteiger partial charge in [-0.2, -0.15) is 5.10 Å². The van der Waals surface area contributed by atoms with Gasteiger partial charge in [0.2, 0.25) is 0 Å². The molecule has 142 valence electrons. The van der Waals surface area contributed by atoms with Crippen LogP contribution in [-0.2, 0) is 6.42 Å². The molecular weight excluding hydrogens is 379 g/mol. The Balaban J connectivity index is 1.47. The number of halogens is 2. The lowest BCUT2D eigenvalue weighted by atomic mass is 10.1. The van der Waals surface area contributed by atoms with E-state index in [2.05, 4.69) is 15.4 Å². The molecule has 0 radical (unpaired) electrons. The summed E-state index contributed by atoms with van der Waals surface area (Å²) in [5.74, 6) is -0.551. The van der Waals surface area contributed by atoms with Gasteiger partial charge in [-0.25, -0.2) is 9.07 Å². The number of H-pyrrole nitrogens is 1. The molecule has 0 aliphatic carbocycles. The monoisotopic (exact) mass is 396 g/mol. The van der Waals surface area contributed by atoms with Crippen LogP contribution in [0.15, 0.2) is 54.7 Å². The van der Waals surface area contributed by atoms with Gasteiger partial charge in [0.25, 0.3) is 5.91 Å². The number of rotatable bonds is 5. The molecule has 2 N–H and O–H groups in total. The van der Waals surface area contributed by atoms with Gasteiger partial charge in [-0.15, -0.1) is 0 Å². The second-order valence-electron chi connectivity index (χ2n) is 6.51. The Morgan fingerprint density at radius 3 is 2.82 bits per heavy atom. The molecule has 0 bridgehead atoms. The Labute approximate surface area is 166 Å². The van der Waals surface area contributed by atoms with Crippen molar-refractivity contribution in [2.75, 3.05) is 6.54 Å². The SMILES string of the molecule is Cc1nn(-c2ccccc2)c(Cl)c1C(=O)NCCc1c[nH]c2cc(F)ccc12. The zero-order valence-corrected chi connectivity index (χ0v) is 15.9. The Morgan fingerprint density at radius 2 is 2.04 bits per heavy atom. The van der Waals surface area contributed by atoms with E-state index in [1.165, 1.54) is 12.1 Å².